The number of methoxy groups -OCH3 is 1. The number of hydrogen-bond acceptors (Lipinski definition) is 3. The molecular formula is C23H24N2O2S. The molecule has 0 fully saturated rings. The lowest BCUT2D eigenvalue weighted by Gasteiger charge is -2.27. The number of rotatable bonds is 5. The minimum absolute atomic E-state index is 0.246. The van der Waals surface area contributed by atoms with Gasteiger partial charge in [-0.1, -0.05) is 36.4 Å². The molecule has 0 aliphatic carbocycles. The van der Waals surface area contributed by atoms with E-state index in [9.17, 15) is 5.11 Å². The van der Waals surface area contributed by atoms with Gasteiger partial charge in [0, 0.05) is 16.9 Å². The molecule has 0 aliphatic rings. The summed E-state index contributed by atoms with van der Waals surface area (Å²) in [5.74, 6) is 1.02. The topological polar surface area (TPSA) is 44.7 Å². The Morgan fingerprint density at radius 1 is 0.964 bits per heavy atom. The summed E-state index contributed by atoms with van der Waals surface area (Å²) in [6.45, 7) is 4.55. The maximum atomic E-state index is 10.2. The van der Waals surface area contributed by atoms with Crippen molar-refractivity contribution >= 4 is 28.7 Å². The number of nitrogens with zero attached hydrogens (tertiary/aromatic N) is 1. The molecule has 0 saturated carbocycles. The number of benzene rings is 3. The highest BCUT2D eigenvalue weighted by atomic mass is 32.1. The number of thiocarbonyl (C=S) groups is 1. The van der Waals surface area contributed by atoms with Crippen molar-refractivity contribution in [1.29, 1.82) is 0 Å². The molecule has 0 atom stereocenters. The van der Waals surface area contributed by atoms with Crippen LogP contribution in [0.1, 0.15) is 16.7 Å². The number of ether oxygens (including phenoxy) is 1. The molecule has 28 heavy (non-hydrogen) atoms. The molecule has 0 aliphatic heterocycles. The van der Waals surface area contributed by atoms with Gasteiger partial charge in [0.2, 0.25) is 0 Å². The molecule has 0 radical (unpaired) electrons. The zero-order valence-corrected chi connectivity index (χ0v) is 17.1. The number of aromatic hydroxyl groups is 1. The monoisotopic (exact) mass is 392 g/mol. The second-order valence-corrected chi connectivity index (χ2v) is 7.00. The first-order valence-electron chi connectivity index (χ1n) is 9.05. The lowest BCUT2D eigenvalue weighted by atomic mass is 10.1. The highest BCUT2D eigenvalue weighted by Crippen LogP contribution is 2.27. The molecule has 0 aromatic heterocycles. The summed E-state index contributed by atoms with van der Waals surface area (Å²) in [4.78, 5) is 1.97. The Morgan fingerprint density at radius 3 is 2.21 bits per heavy atom. The second kappa shape index (κ2) is 8.76. The van der Waals surface area contributed by atoms with Gasteiger partial charge in [-0.25, -0.2) is 0 Å². The molecule has 5 heteroatoms. The van der Waals surface area contributed by atoms with Crippen LogP contribution in [0.2, 0.25) is 0 Å². The zero-order chi connectivity index (χ0) is 20.1. The number of anilines is 2. The van der Waals surface area contributed by atoms with Crippen LogP contribution in [-0.2, 0) is 6.54 Å². The largest absolute Gasteiger partial charge is 0.508 e. The van der Waals surface area contributed by atoms with Crippen LogP contribution in [0.15, 0.2) is 66.7 Å². The highest BCUT2D eigenvalue weighted by Gasteiger charge is 2.16. The number of aryl methyl sites for hydroxylation is 2. The van der Waals surface area contributed by atoms with Gasteiger partial charge in [-0.15, -0.1) is 0 Å². The maximum absolute atomic E-state index is 10.2. The van der Waals surface area contributed by atoms with E-state index in [0.717, 1.165) is 33.8 Å². The summed E-state index contributed by atoms with van der Waals surface area (Å²) in [7, 11) is 1.64. The molecule has 3 aromatic carbocycles. The lowest BCUT2D eigenvalue weighted by Crippen LogP contribution is -2.34. The molecule has 3 rings (SSSR count). The Kier molecular flexibility index (Phi) is 6.16. The highest BCUT2D eigenvalue weighted by molar-refractivity contribution is 7.80. The van der Waals surface area contributed by atoms with Crippen molar-refractivity contribution < 1.29 is 9.84 Å². The molecular weight excluding hydrogens is 368 g/mol. The van der Waals surface area contributed by atoms with Gasteiger partial charge >= 0.3 is 0 Å². The maximum Gasteiger partial charge on any atom is 0.178 e. The predicted molar refractivity (Wildman–Crippen MR) is 119 cm³/mol. The van der Waals surface area contributed by atoms with E-state index in [-0.39, 0.29) is 5.75 Å². The van der Waals surface area contributed by atoms with Crippen molar-refractivity contribution in [2.24, 2.45) is 0 Å². The summed E-state index contributed by atoms with van der Waals surface area (Å²) in [5, 5.41) is 14.2. The van der Waals surface area contributed by atoms with Crippen LogP contribution in [-0.4, -0.2) is 17.3 Å². The summed E-state index contributed by atoms with van der Waals surface area (Å²) < 4.78 is 5.27. The molecule has 0 unspecified atom stereocenters. The van der Waals surface area contributed by atoms with Crippen molar-refractivity contribution in [3.63, 3.8) is 0 Å². The van der Waals surface area contributed by atoms with Crippen LogP contribution in [0.25, 0.3) is 0 Å². The molecule has 144 valence electrons. The van der Waals surface area contributed by atoms with Crippen molar-refractivity contribution in [3.8, 4) is 11.5 Å². The third kappa shape index (κ3) is 4.43. The summed E-state index contributed by atoms with van der Waals surface area (Å²) in [6.07, 6.45) is 0. The van der Waals surface area contributed by atoms with E-state index in [2.05, 4.69) is 31.3 Å². The van der Waals surface area contributed by atoms with Gasteiger partial charge in [-0.2, -0.15) is 0 Å². The van der Waals surface area contributed by atoms with Crippen LogP contribution < -0.4 is 15.0 Å². The standard InChI is InChI=1S/C23H24N2O2S/c1-16-7-6-8-17(2)22(16)24-23(28)25(15-18-9-4-5-10-21(18)26)19-11-13-20(27-3)14-12-19/h4-14,26H,15H2,1-3H3,(H,24,28). The quantitative estimate of drug-likeness (QED) is 0.568. The van der Waals surface area contributed by atoms with E-state index < -0.39 is 0 Å². The normalized spacial score (nSPS) is 10.4. The number of hydrogen-bond donors (Lipinski definition) is 2. The molecule has 4 nitrogen and oxygen atoms in total. The summed E-state index contributed by atoms with van der Waals surface area (Å²) in [5.41, 5.74) is 4.96. The van der Waals surface area contributed by atoms with Gasteiger partial charge in [0.05, 0.1) is 13.7 Å². The number of phenolic OH excluding ortho intramolecular Hbond substituents is 1. The smallest absolute Gasteiger partial charge is 0.178 e. The van der Waals surface area contributed by atoms with E-state index >= 15 is 0 Å². The molecule has 0 bridgehead atoms. The van der Waals surface area contributed by atoms with Crippen molar-refractivity contribution in [3.05, 3.63) is 83.4 Å². The first-order valence-corrected chi connectivity index (χ1v) is 9.46. The Morgan fingerprint density at radius 2 is 1.61 bits per heavy atom. The van der Waals surface area contributed by atoms with Gasteiger partial charge in [0.15, 0.2) is 5.11 Å². The van der Waals surface area contributed by atoms with Crippen LogP contribution in [0, 0.1) is 13.8 Å². The minimum atomic E-state index is 0.246. The zero-order valence-electron chi connectivity index (χ0n) is 16.3. The van der Waals surface area contributed by atoms with Gasteiger partial charge in [-0.05, 0) is 67.5 Å². The van der Waals surface area contributed by atoms with Crippen molar-refractivity contribution in [2.45, 2.75) is 20.4 Å². The van der Waals surface area contributed by atoms with E-state index in [4.69, 9.17) is 17.0 Å². The van der Waals surface area contributed by atoms with Crippen LogP contribution >= 0.6 is 12.2 Å². The molecule has 3 aromatic rings. The van der Waals surface area contributed by atoms with Gasteiger partial charge in [0.1, 0.15) is 11.5 Å². The molecule has 0 heterocycles. The van der Waals surface area contributed by atoms with Gasteiger partial charge in [0.25, 0.3) is 0 Å². The number of para-hydroxylation sites is 2. The Bertz CT molecular complexity index is 950. The van der Waals surface area contributed by atoms with Crippen molar-refractivity contribution in [2.75, 3.05) is 17.3 Å². The first-order chi connectivity index (χ1) is 13.5. The molecule has 0 spiro atoms. The van der Waals surface area contributed by atoms with E-state index in [0.29, 0.717) is 11.7 Å². The summed E-state index contributed by atoms with van der Waals surface area (Å²) >= 11 is 5.76. The number of nitrogens with one attached hydrogen (secondary N) is 1. The summed E-state index contributed by atoms with van der Waals surface area (Å²) in [6, 6.07) is 21.1. The van der Waals surface area contributed by atoms with Gasteiger partial charge in [-0.3, -0.25) is 0 Å². The molecule has 0 amide bonds. The number of phenols is 1. The third-order valence-corrected chi connectivity index (χ3v) is 4.98. The SMILES string of the molecule is COc1ccc(N(Cc2ccccc2O)C(=S)Nc2c(C)cccc2C)cc1. The van der Waals surface area contributed by atoms with E-state index in [1.165, 1.54) is 0 Å². The lowest BCUT2D eigenvalue weighted by molar-refractivity contribution is 0.415. The third-order valence-electron chi connectivity index (χ3n) is 4.66. The second-order valence-electron chi connectivity index (χ2n) is 6.61. The van der Waals surface area contributed by atoms with Crippen LogP contribution in [0.4, 0.5) is 11.4 Å². The fraction of sp³-hybridized carbons (Fsp3) is 0.174. The fourth-order valence-electron chi connectivity index (χ4n) is 3.04. The van der Waals surface area contributed by atoms with Crippen LogP contribution in [0.3, 0.4) is 0 Å². The Balaban J connectivity index is 1.94. The molecule has 0 saturated heterocycles. The van der Waals surface area contributed by atoms with Crippen LogP contribution in [0.5, 0.6) is 11.5 Å². The molecule has 2 N–H and O–H groups in total. The first kappa shape index (κ1) is 19.7. The Hall–Kier alpha value is -3.05. The van der Waals surface area contributed by atoms with Crippen molar-refractivity contribution in [1.82, 2.24) is 0 Å². The minimum Gasteiger partial charge on any atom is -0.508 e. The van der Waals surface area contributed by atoms with E-state index in [1.807, 2.05) is 53.4 Å². The van der Waals surface area contributed by atoms with Gasteiger partial charge < -0.3 is 20.1 Å². The average molecular weight is 393 g/mol. The van der Waals surface area contributed by atoms with E-state index in [1.54, 1.807) is 13.2 Å². The fourth-order valence-corrected chi connectivity index (χ4v) is 3.32. The Labute approximate surface area is 171 Å². The average Bonchev–Trinajstić information content (AvgIpc) is 2.70. The predicted octanol–water partition coefficient (Wildman–Crippen LogP) is 5.42.